The van der Waals surface area contributed by atoms with E-state index in [1.807, 2.05) is 12.1 Å². The summed E-state index contributed by atoms with van der Waals surface area (Å²) in [7, 11) is 0. The molecule has 0 saturated carbocycles. The molecule has 3 aromatic carbocycles. The van der Waals surface area contributed by atoms with Gasteiger partial charge in [0.1, 0.15) is 11.6 Å². The van der Waals surface area contributed by atoms with E-state index >= 15 is 4.39 Å². The molecule has 0 aliphatic heterocycles. The molecular formula is C30H30F2N2. The average Bonchev–Trinajstić information content (AvgIpc) is 2.84. The summed E-state index contributed by atoms with van der Waals surface area (Å²) in [6.07, 6.45) is 6.73. The van der Waals surface area contributed by atoms with Crippen LogP contribution in [0.3, 0.4) is 0 Å². The number of azo groups is 1. The summed E-state index contributed by atoms with van der Waals surface area (Å²) in [5, 5.41) is 8.54. The average molecular weight is 457 g/mol. The second-order valence-electron chi connectivity index (χ2n) is 9.00. The van der Waals surface area contributed by atoms with Crippen LogP contribution in [0.25, 0.3) is 0 Å². The minimum Gasteiger partial charge on any atom is -0.206 e. The van der Waals surface area contributed by atoms with Crippen LogP contribution in [0.5, 0.6) is 0 Å². The van der Waals surface area contributed by atoms with Crippen LogP contribution in [0, 0.1) is 29.4 Å². The lowest BCUT2D eigenvalue weighted by atomic mass is 9.81. The first-order chi connectivity index (χ1) is 16.6. The number of rotatable bonds is 6. The van der Waals surface area contributed by atoms with Crippen molar-refractivity contribution in [3.05, 3.63) is 94.0 Å². The molecule has 0 N–H and O–H groups in total. The van der Waals surface area contributed by atoms with Gasteiger partial charge in [-0.3, -0.25) is 0 Å². The lowest BCUT2D eigenvalue weighted by Crippen LogP contribution is -2.17. The number of halogens is 2. The van der Waals surface area contributed by atoms with E-state index in [0.717, 1.165) is 49.8 Å². The number of aryl methyl sites for hydroxylation is 1. The lowest BCUT2D eigenvalue weighted by molar-refractivity contribution is 0.411. The highest BCUT2D eigenvalue weighted by Crippen LogP contribution is 2.32. The number of hydrogen-bond donors (Lipinski definition) is 0. The Balaban J connectivity index is 1.46. The summed E-state index contributed by atoms with van der Waals surface area (Å²) < 4.78 is 29.7. The van der Waals surface area contributed by atoms with Crippen LogP contribution in [-0.2, 0) is 19.3 Å². The van der Waals surface area contributed by atoms with Crippen molar-refractivity contribution in [2.45, 2.75) is 58.8 Å². The second kappa shape index (κ2) is 11.2. The fourth-order valence-electron chi connectivity index (χ4n) is 4.57. The predicted molar refractivity (Wildman–Crippen MR) is 134 cm³/mol. The van der Waals surface area contributed by atoms with Crippen LogP contribution in [0.1, 0.15) is 67.3 Å². The van der Waals surface area contributed by atoms with Gasteiger partial charge in [0.15, 0.2) is 0 Å². The van der Waals surface area contributed by atoms with Gasteiger partial charge in [-0.2, -0.15) is 10.2 Å². The highest BCUT2D eigenvalue weighted by atomic mass is 19.1. The number of nitrogens with zero attached hydrogens (tertiary/aromatic N) is 2. The van der Waals surface area contributed by atoms with E-state index in [9.17, 15) is 4.39 Å². The van der Waals surface area contributed by atoms with Gasteiger partial charge in [0, 0.05) is 5.56 Å². The van der Waals surface area contributed by atoms with Crippen molar-refractivity contribution < 1.29 is 8.78 Å². The van der Waals surface area contributed by atoms with Crippen molar-refractivity contribution in [2.24, 2.45) is 16.1 Å². The minimum absolute atomic E-state index is 0.136. The van der Waals surface area contributed by atoms with E-state index in [1.165, 1.54) is 11.6 Å². The molecule has 1 unspecified atom stereocenters. The third-order valence-corrected chi connectivity index (χ3v) is 6.38. The summed E-state index contributed by atoms with van der Waals surface area (Å²) in [4.78, 5) is 0. The topological polar surface area (TPSA) is 24.7 Å². The molecule has 2 nitrogen and oxygen atoms in total. The molecule has 3 aromatic rings. The van der Waals surface area contributed by atoms with Crippen molar-refractivity contribution >= 4 is 11.4 Å². The summed E-state index contributed by atoms with van der Waals surface area (Å²) in [5.74, 6) is 5.07. The zero-order valence-electron chi connectivity index (χ0n) is 19.9. The van der Waals surface area contributed by atoms with Crippen LogP contribution >= 0.6 is 0 Å². The van der Waals surface area contributed by atoms with Crippen LogP contribution in [-0.4, -0.2) is 0 Å². The van der Waals surface area contributed by atoms with Gasteiger partial charge in [-0.15, -0.1) is 0 Å². The van der Waals surface area contributed by atoms with Gasteiger partial charge >= 0.3 is 0 Å². The summed E-state index contributed by atoms with van der Waals surface area (Å²) in [6.45, 7) is 4.31. The first kappa shape index (κ1) is 23.8. The molecule has 4 rings (SSSR count). The molecule has 0 aromatic heterocycles. The van der Waals surface area contributed by atoms with Gasteiger partial charge in [0.25, 0.3) is 0 Å². The van der Waals surface area contributed by atoms with Gasteiger partial charge in [0.05, 0.1) is 16.9 Å². The molecule has 1 aliphatic carbocycles. The van der Waals surface area contributed by atoms with Gasteiger partial charge < -0.3 is 0 Å². The maximum absolute atomic E-state index is 15.1. The van der Waals surface area contributed by atoms with Gasteiger partial charge in [0.2, 0.25) is 0 Å². The Morgan fingerprint density at radius 1 is 0.882 bits per heavy atom. The van der Waals surface area contributed by atoms with Gasteiger partial charge in [-0.1, -0.05) is 57.1 Å². The van der Waals surface area contributed by atoms with E-state index in [4.69, 9.17) is 0 Å². The Bertz CT molecular complexity index is 1220. The molecule has 0 spiro atoms. The zero-order chi connectivity index (χ0) is 23.9. The number of fused-ring (bicyclic) bond motifs is 1. The van der Waals surface area contributed by atoms with Crippen molar-refractivity contribution in [3.63, 3.8) is 0 Å². The molecule has 0 saturated heterocycles. The van der Waals surface area contributed by atoms with E-state index in [1.54, 1.807) is 24.3 Å². The molecule has 4 heteroatoms. The second-order valence-corrected chi connectivity index (χ2v) is 9.00. The smallest absolute Gasteiger partial charge is 0.145 e. The van der Waals surface area contributed by atoms with Crippen LogP contribution < -0.4 is 0 Å². The van der Waals surface area contributed by atoms with Crippen molar-refractivity contribution in [1.82, 2.24) is 0 Å². The SMILES string of the molecule is CCCc1ccc(N=Nc2ccc(C#Cc3c(F)cc4c(c3F)CCC(CCC)C4)cc2)cc1. The Kier molecular flexibility index (Phi) is 7.85. The third-order valence-electron chi connectivity index (χ3n) is 6.38. The molecule has 0 amide bonds. The predicted octanol–water partition coefficient (Wildman–Crippen LogP) is 8.64. The Hall–Kier alpha value is -3.32. The fraction of sp³-hybridized carbons (Fsp3) is 0.333. The molecule has 0 heterocycles. The molecule has 1 aliphatic rings. The van der Waals surface area contributed by atoms with Crippen molar-refractivity contribution in [1.29, 1.82) is 0 Å². The van der Waals surface area contributed by atoms with E-state index in [-0.39, 0.29) is 5.56 Å². The standard InChI is InChI=1S/C30H30F2N2/c1-3-5-21-7-13-25(14-8-21)33-34-26-15-9-22(10-16-26)11-18-28-29(31)20-24-19-23(6-4-2)12-17-27(24)30(28)32/h7-10,13-16,20,23H,3-6,12,17,19H2,1-2H3. The molecule has 0 fully saturated rings. The maximum Gasteiger partial charge on any atom is 0.145 e. The van der Waals surface area contributed by atoms with Crippen molar-refractivity contribution in [3.8, 4) is 11.8 Å². The first-order valence-corrected chi connectivity index (χ1v) is 12.2. The highest BCUT2D eigenvalue weighted by Gasteiger charge is 2.24. The van der Waals surface area contributed by atoms with Crippen molar-refractivity contribution in [2.75, 3.05) is 0 Å². The Morgan fingerprint density at radius 3 is 2.21 bits per heavy atom. The minimum atomic E-state index is -0.573. The molecule has 1 atom stereocenters. The summed E-state index contributed by atoms with van der Waals surface area (Å²) in [6, 6.07) is 16.7. The zero-order valence-corrected chi connectivity index (χ0v) is 19.9. The highest BCUT2D eigenvalue weighted by molar-refractivity contribution is 5.50. The summed E-state index contributed by atoms with van der Waals surface area (Å²) in [5.41, 5.74) is 4.75. The van der Waals surface area contributed by atoms with Crippen LogP contribution in [0.2, 0.25) is 0 Å². The largest absolute Gasteiger partial charge is 0.206 e. The third kappa shape index (κ3) is 5.78. The van der Waals surface area contributed by atoms with Crippen LogP contribution in [0.4, 0.5) is 20.2 Å². The van der Waals surface area contributed by atoms with E-state index in [0.29, 0.717) is 29.2 Å². The Labute approximate surface area is 201 Å². The monoisotopic (exact) mass is 456 g/mol. The maximum atomic E-state index is 15.1. The summed E-state index contributed by atoms with van der Waals surface area (Å²) >= 11 is 0. The fourth-order valence-corrected chi connectivity index (χ4v) is 4.57. The number of hydrogen-bond acceptors (Lipinski definition) is 2. The quantitative estimate of drug-likeness (QED) is 0.262. The Morgan fingerprint density at radius 2 is 1.56 bits per heavy atom. The molecule has 0 radical (unpaired) electrons. The van der Waals surface area contributed by atoms with Gasteiger partial charge in [-0.25, -0.2) is 8.78 Å². The van der Waals surface area contributed by atoms with Crippen LogP contribution in [0.15, 0.2) is 64.8 Å². The van der Waals surface area contributed by atoms with Gasteiger partial charge in [-0.05, 0) is 90.8 Å². The normalized spacial score (nSPS) is 15.1. The molecule has 0 bridgehead atoms. The molecule has 34 heavy (non-hydrogen) atoms. The molecule has 174 valence electrons. The molecular weight excluding hydrogens is 426 g/mol. The number of benzene rings is 3. The first-order valence-electron chi connectivity index (χ1n) is 12.2. The van der Waals surface area contributed by atoms with E-state index < -0.39 is 11.6 Å². The van der Waals surface area contributed by atoms with E-state index in [2.05, 4.69) is 48.0 Å². The lowest BCUT2D eigenvalue weighted by Gasteiger charge is -2.25.